The zero-order chi connectivity index (χ0) is 11.9. The van der Waals surface area contributed by atoms with Crippen molar-refractivity contribution in [1.29, 1.82) is 0 Å². The first kappa shape index (κ1) is 10.8. The quantitative estimate of drug-likeness (QED) is 0.787. The van der Waals surface area contributed by atoms with Crippen LogP contribution in [0.5, 0.6) is 0 Å². The Morgan fingerprint density at radius 3 is 2.76 bits per heavy atom. The number of fused-ring (bicyclic) bond motifs is 1. The highest BCUT2D eigenvalue weighted by Crippen LogP contribution is 2.36. The number of hydrogen-bond donors (Lipinski definition) is 1. The molecular weight excluding hydrogens is 236 g/mol. The van der Waals surface area contributed by atoms with Gasteiger partial charge in [0.1, 0.15) is 0 Å². The molecule has 0 spiro atoms. The van der Waals surface area contributed by atoms with Gasteiger partial charge in [-0.05, 0) is 25.2 Å². The van der Waals surface area contributed by atoms with E-state index in [1.807, 2.05) is 31.2 Å². The molecule has 1 fully saturated rings. The fourth-order valence-corrected chi connectivity index (χ4v) is 2.31. The Balaban J connectivity index is 2.24. The number of H-pyrrole nitrogens is 1. The maximum absolute atomic E-state index is 5.68. The van der Waals surface area contributed by atoms with E-state index in [0.29, 0.717) is 18.0 Å². The van der Waals surface area contributed by atoms with E-state index in [-0.39, 0.29) is 0 Å². The van der Waals surface area contributed by atoms with Gasteiger partial charge in [-0.2, -0.15) is 0 Å². The normalized spacial score (nSPS) is 18.6. The van der Waals surface area contributed by atoms with Crippen LogP contribution < -0.4 is 0 Å². The summed E-state index contributed by atoms with van der Waals surface area (Å²) in [5, 5.41) is 0. The van der Waals surface area contributed by atoms with Crippen LogP contribution in [-0.2, 0) is 15.3 Å². The molecule has 1 N–H and O–H groups in total. The minimum Gasteiger partial charge on any atom is -0.344 e. The summed E-state index contributed by atoms with van der Waals surface area (Å²) >= 11 is 5.07. The molecule has 17 heavy (non-hydrogen) atoms. The first-order valence-corrected chi connectivity index (χ1v) is 5.87. The van der Waals surface area contributed by atoms with Crippen molar-refractivity contribution in [1.82, 2.24) is 9.97 Å². The van der Waals surface area contributed by atoms with Gasteiger partial charge in [0.15, 0.2) is 10.6 Å². The molecule has 88 valence electrons. The van der Waals surface area contributed by atoms with E-state index in [0.717, 1.165) is 17.0 Å². The summed E-state index contributed by atoms with van der Waals surface area (Å²) in [7, 11) is 0. The van der Waals surface area contributed by atoms with Gasteiger partial charge in [0.05, 0.1) is 24.6 Å². The Kier molecular flexibility index (Phi) is 2.47. The fourth-order valence-electron chi connectivity index (χ4n) is 2.11. The van der Waals surface area contributed by atoms with E-state index in [2.05, 4.69) is 9.97 Å². The van der Waals surface area contributed by atoms with Gasteiger partial charge in [-0.15, -0.1) is 0 Å². The molecule has 0 bridgehead atoms. The molecule has 2 aliphatic heterocycles. The van der Waals surface area contributed by atoms with Gasteiger partial charge in [-0.3, -0.25) is 0 Å². The third-order valence-electron chi connectivity index (χ3n) is 2.93. The van der Waals surface area contributed by atoms with Crippen molar-refractivity contribution in [3.05, 3.63) is 34.6 Å². The highest BCUT2D eigenvalue weighted by atomic mass is 32.1. The summed E-state index contributed by atoms with van der Waals surface area (Å²) in [5.74, 6) is -0.728. The van der Waals surface area contributed by atoms with E-state index >= 15 is 0 Å². The Morgan fingerprint density at radius 1 is 1.29 bits per heavy atom. The third kappa shape index (κ3) is 1.76. The van der Waals surface area contributed by atoms with Crippen LogP contribution in [0.15, 0.2) is 24.3 Å². The summed E-state index contributed by atoms with van der Waals surface area (Å²) in [6, 6.07) is 7.80. The minimum absolute atomic E-state index is 0.481. The molecular formula is C12H12N2O2S. The smallest absolute Gasteiger partial charge is 0.197 e. The molecule has 0 radical (unpaired) electrons. The van der Waals surface area contributed by atoms with Crippen LogP contribution in [0.4, 0.5) is 0 Å². The minimum atomic E-state index is -0.728. The second-order valence-corrected chi connectivity index (χ2v) is 4.47. The summed E-state index contributed by atoms with van der Waals surface area (Å²) in [5.41, 5.74) is 2.61. The highest BCUT2D eigenvalue weighted by Gasteiger charge is 2.36. The van der Waals surface area contributed by atoms with Crippen LogP contribution in [0.2, 0.25) is 0 Å². The first-order chi connectivity index (χ1) is 8.19. The molecule has 0 unspecified atom stereocenters. The summed E-state index contributed by atoms with van der Waals surface area (Å²) in [4.78, 5) is 7.39. The number of aromatic amines is 1. The maximum Gasteiger partial charge on any atom is 0.197 e. The van der Waals surface area contributed by atoms with Crippen molar-refractivity contribution in [3.8, 4) is 11.4 Å². The number of aromatic nitrogens is 2. The lowest BCUT2D eigenvalue weighted by Gasteiger charge is -2.22. The second-order valence-electron chi connectivity index (χ2n) is 4.08. The molecule has 0 amide bonds. The first-order valence-electron chi connectivity index (χ1n) is 5.46. The molecule has 0 aromatic rings. The predicted molar refractivity (Wildman–Crippen MR) is 65.3 cm³/mol. The zero-order valence-corrected chi connectivity index (χ0v) is 10.2. The number of nitrogens with zero attached hydrogens (tertiary/aromatic N) is 1. The maximum atomic E-state index is 5.68. The van der Waals surface area contributed by atoms with Crippen LogP contribution in [-0.4, -0.2) is 23.2 Å². The molecule has 1 aliphatic carbocycles. The van der Waals surface area contributed by atoms with E-state index < -0.39 is 5.79 Å². The number of ether oxygens (including phenoxy) is 2. The number of imidazole rings is 1. The number of nitrogens with one attached hydrogen (secondary N) is 1. The van der Waals surface area contributed by atoms with E-state index in [1.54, 1.807) is 0 Å². The fraction of sp³-hybridized carbons (Fsp3) is 0.333. The van der Waals surface area contributed by atoms with Gasteiger partial charge in [-0.25, -0.2) is 4.98 Å². The largest absolute Gasteiger partial charge is 0.344 e. The molecule has 5 heteroatoms. The Labute approximate surface area is 104 Å². The van der Waals surface area contributed by atoms with Crippen molar-refractivity contribution >= 4 is 12.2 Å². The Hall–Kier alpha value is -1.30. The van der Waals surface area contributed by atoms with Gasteiger partial charge in [0, 0.05) is 5.56 Å². The lowest BCUT2D eigenvalue weighted by atomic mass is 10.1. The Bertz CT molecular complexity index is 575. The topological polar surface area (TPSA) is 47.1 Å². The van der Waals surface area contributed by atoms with Crippen molar-refractivity contribution in [2.24, 2.45) is 0 Å². The number of hydrogen-bond acceptors (Lipinski definition) is 4. The van der Waals surface area contributed by atoms with Gasteiger partial charge in [-0.1, -0.05) is 18.2 Å². The van der Waals surface area contributed by atoms with Crippen LogP contribution in [0.3, 0.4) is 0 Å². The molecule has 3 aliphatic rings. The van der Waals surface area contributed by atoms with E-state index in [9.17, 15) is 0 Å². The molecule has 4 nitrogen and oxygen atoms in total. The summed E-state index contributed by atoms with van der Waals surface area (Å²) in [6.07, 6.45) is 0. The SMILES string of the molecule is CC1(c2ccccc3[nH]c(=S)nc2-3)OCCO1. The Morgan fingerprint density at radius 2 is 2.00 bits per heavy atom. The van der Waals surface area contributed by atoms with Crippen LogP contribution in [0, 0.1) is 4.77 Å². The van der Waals surface area contributed by atoms with Crippen LogP contribution in [0.25, 0.3) is 11.4 Å². The van der Waals surface area contributed by atoms with Gasteiger partial charge in [0.2, 0.25) is 0 Å². The standard InChI is InChI=1S/C12H12N2O2S/c1-12(15-6-7-16-12)8-4-2-3-5-9-10(8)14-11(17)13-9/h2-5H,6-7H2,1H3,(H,13,14,17). The van der Waals surface area contributed by atoms with Gasteiger partial charge < -0.3 is 14.5 Å². The van der Waals surface area contributed by atoms with Crippen molar-refractivity contribution in [3.63, 3.8) is 0 Å². The van der Waals surface area contributed by atoms with Crippen LogP contribution >= 0.6 is 12.2 Å². The average Bonchev–Trinajstić information content (AvgIpc) is 2.82. The van der Waals surface area contributed by atoms with Crippen molar-refractivity contribution < 1.29 is 9.47 Å². The lowest BCUT2D eigenvalue weighted by Crippen LogP contribution is -2.23. The van der Waals surface area contributed by atoms with Crippen molar-refractivity contribution in [2.45, 2.75) is 12.7 Å². The molecule has 3 rings (SSSR count). The van der Waals surface area contributed by atoms with Crippen LogP contribution in [0.1, 0.15) is 12.5 Å². The highest BCUT2D eigenvalue weighted by molar-refractivity contribution is 7.71. The molecule has 2 heterocycles. The van der Waals surface area contributed by atoms with Gasteiger partial charge in [0.25, 0.3) is 0 Å². The third-order valence-corrected chi connectivity index (χ3v) is 3.12. The molecule has 0 aromatic heterocycles. The zero-order valence-electron chi connectivity index (χ0n) is 9.40. The number of rotatable bonds is 1. The lowest BCUT2D eigenvalue weighted by molar-refractivity contribution is -0.149. The van der Waals surface area contributed by atoms with E-state index in [1.165, 1.54) is 0 Å². The summed E-state index contributed by atoms with van der Waals surface area (Å²) < 4.78 is 11.8. The molecule has 0 atom stereocenters. The molecule has 1 saturated heterocycles. The van der Waals surface area contributed by atoms with Gasteiger partial charge >= 0.3 is 0 Å². The van der Waals surface area contributed by atoms with Crippen molar-refractivity contribution in [2.75, 3.05) is 13.2 Å². The molecule has 0 saturated carbocycles. The average molecular weight is 248 g/mol. The second kappa shape index (κ2) is 3.87. The molecule has 0 aromatic carbocycles. The predicted octanol–water partition coefficient (Wildman–Crippen LogP) is 2.46. The van der Waals surface area contributed by atoms with E-state index in [4.69, 9.17) is 21.7 Å². The monoisotopic (exact) mass is 248 g/mol. The summed E-state index contributed by atoms with van der Waals surface area (Å²) in [6.45, 7) is 3.11.